The number of rotatable bonds is 34. The van der Waals surface area contributed by atoms with E-state index in [1.54, 1.807) is 0 Å². The van der Waals surface area contributed by atoms with Gasteiger partial charge in [-0.05, 0) is 39.2 Å². The van der Waals surface area contributed by atoms with Crippen molar-refractivity contribution >= 4 is 28.2 Å². The second kappa shape index (κ2) is 30.8. The summed E-state index contributed by atoms with van der Waals surface area (Å²) < 4.78 is 0.506. The van der Waals surface area contributed by atoms with Crippen LogP contribution in [0.3, 0.4) is 0 Å². The van der Waals surface area contributed by atoms with Gasteiger partial charge in [0, 0.05) is 6.42 Å². The molecule has 0 fully saturated rings. The molecular formula is C37H75NO3P2. The summed E-state index contributed by atoms with van der Waals surface area (Å²) in [6, 6.07) is 0. The Morgan fingerprint density at radius 1 is 0.535 bits per heavy atom. The molecule has 0 aromatic carbocycles. The third-order valence-electron chi connectivity index (χ3n) is 8.66. The Balaban J connectivity index is 3.93. The van der Waals surface area contributed by atoms with Crippen molar-refractivity contribution < 1.29 is 19.2 Å². The summed E-state index contributed by atoms with van der Waals surface area (Å²) in [6.07, 6.45) is 35.0. The molecule has 0 rings (SSSR count). The minimum atomic E-state index is -0.730. The predicted molar refractivity (Wildman–Crippen MR) is 194 cm³/mol. The van der Waals surface area contributed by atoms with Gasteiger partial charge in [-0.25, -0.2) is 0 Å². The molecular weight excluding hydrogens is 568 g/mol. The van der Waals surface area contributed by atoms with Gasteiger partial charge in [0.2, 0.25) is 0 Å². The number of carbonyl (C=O) groups excluding carboxylic acids is 2. The summed E-state index contributed by atoms with van der Waals surface area (Å²) in [5.74, 6) is -0.963. The van der Waals surface area contributed by atoms with E-state index >= 15 is 0 Å². The first-order valence-electron chi connectivity index (χ1n) is 18.7. The van der Waals surface area contributed by atoms with E-state index in [1.807, 2.05) is 21.1 Å². The molecule has 1 N–H and O–H groups in total. The van der Waals surface area contributed by atoms with E-state index < -0.39 is 5.85 Å². The quantitative estimate of drug-likeness (QED) is 0.0431. The first-order valence-corrected chi connectivity index (χ1v) is 20.8. The Morgan fingerprint density at radius 2 is 0.837 bits per heavy atom. The van der Waals surface area contributed by atoms with Crippen molar-refractivity contribution in [2.45, 2.75) is 205 Å². The smallest absolute Gasteiger partial charge is 0.154 e. The highest BCUT2D eigenvalue weighted by Gasteiger charge is 2.26. The van der Waals surface area contributed by atoms with E-state index in [2.05, 4.69) is 13.8 Å². The summed E-state index contributed by atoms with van der Waals surface area (Å²) in [4.78, 5) is 25.4. The predicted octanol–water partition coefficient (Wildman–Crippen LogP) is 12.0. The summed E-state index contributed by atoms with van der Waals surface area (Å²) in [5, 5.41) is 11.0. The maximum Gasteiger partial charge on any atom is 0.154 e. The van der Waals surface area contributed by atoms with E-state index in [9.17, 15) is 14.7 Å². The molecule has 0 radical (unpaired) electrons. The van der Waals surface area contributed by atoms with Crippen LogP contribution in [0.1, 0.15) is 194 Å². The monoisotopic (exact) mass is 644 g/mol. The maximum absolute atomic E-state index is 12.8. The van der Waals surface area contributed by atoms with Crippen LogP contribution in [0.15, 0.2) is 0 Å². The Bertz CT molecular complexity index is 638. The van der Waals surface area contributed by atoms with E-state index in [1.165, 1.54) is 141 Å². The number of aliphatic hydroxyl groups excluding tert-OH is 1. The van der Waals surface area contributed by atoms with Crippen LogP contribution in [-0.4, -0.2) is 53.4 Å². The first kappa shape index (κ1) is 43.1. The molecule has 0 aromatic rings. The van der Waals surface area contributed by atoms with Crippen molar-refractivity contribution in [3.8, 4) is 0 Å². The molecule has 0 aliphatic carbocycles. The standard InChI is InChI=1S/C37H75NO3P2/c1-6-8-10-12-14-16-18-20-22-24-26-28-30-32-34(39)42-36(38(3,4)5)37(41)43-35(40)33-31-29-27-25-23-21-19-17-15-13-11-9-7-2/h36-37,41,43H,6-33H2,1-5H3. The molecule has 3 atom stereocenters. The third-order valence-corrected chi connectivity index (χ3v) is 11.9. The van der Waals surface area contributed by atoms with Crippen LogP contribution in [0, 0.1) is 0 Å². The second-order valence-corrected chi connectivity index (χ2v) is 16.8. The minimum absolute atomic E-state index is 0.113. The number of nitrogens with zero attached hydrogens (tertiary/aromatic N) is 1. The lowest BCUT2D eigenvalue weighted by Gasteiger charge is -2.45. The highest BCUT2D eigenvalue weighted by atomic mass is 31.1. The lowest BCUT2D eigenvalue weighted by molar-refractivity contribution is -0.883. The summed E-state index contributed by atoms with van der Waals surface area (Å²) in [6.45, 7) is 4.54. The largest absolute Gasteiger partial charge is 0.396 e. The molecule has 0 aliphatic rings. The number of quaternary nitrogens is 1. The molecule has 0 saturated heterocycles. The van der Waals surface area contributed by atoms with Crippen molar-refractivity contribution in [3.63, 3.8) is 0 Å². The van der Waals surface area contributed by atoms with Crippen molar-refractivity contribution in [3.05, 3.63) is 0 Å². The molecule has 3 unspecified atom stereocenters. The summed E-state index contributed by atoms with van der Waals surface area (Å²) in [5.41, 5.74) is 0.391. The van der Waals surface area contributed by atoms with Gasteiger partial charge in [-0.1, -0.05) is 168 Å². The van der Waals surface area contributed by atoms with Crippen molar-refractivity contribution in [1.82, 2.24) is 0 Å². The van der Waals surface area contributed by atoms with Gasteiger partial charge < -0.3 is 23.0 Å². The summed E-state index contributed by atoms with van der Waals surface area (Å²) >= 11 is 0. The zero-order valence-electron chi connectivity index (χ0n) is 29.6. The molecule has 4 nitrogen and oxygen atoms in total. The average Bonchev–Trinajstić information content (AvgIpc) is 2.96. The number of aliphatic hydroxyl groups is 1. The molecule has 0 spiro atoms. The van der Waals surface area contributed by atoms with Crippen LogP contribution < -0.4 is 0 Å². The molecule has 0 bridgehead atoms. The second-order valence-electron chi connectivity index (χ2n) is 14.1. The van der Waals surface area contributed by atoms with E-state index in [0.717, 1.165) is 25.7 Å². The van der Waals surface area contributed by atoms with Gasteiger partial charge in [0.15, 0.2) is 5.52 Å². The van der Waals surface area contributed by atoms with Crippen molar-refractivity contribution in [2.75, 3.05) is 21.1 Å². The molecule has 43 heavy (non-hydrogen) atoms. The van der Waals surface area contributed by atoms with E-state index in [-0.39, 0.29) is 25.4 Å². The molecule has 0 saturated carbocycles. The van der Waals surface area contributed by atoms with Gasteiger partial charge in [-0.15, -0.1) is 0 Å². The topological polar surface area (TPSA) is 54.4 Å². The molecule has 6 heteroatoms. The van der Waals surface area contributed by atoms with E-state index in [4.69, 9.17) is 0 Å². The number of likely N-dealkylation sites (N-methyl/N-ethyl adjacent to an activating group) is 1. The van der Waals surface area contributed by atoms with Gasteiger partial charge in [0.25, 0.3) is 0 Å². The van der Waals surface area contributed by atoms with Crippen LogP contribution in [-0.2, 0) is 9.59 Å². The number of hydrogen-bond donors (Lipinski definition) is 1. The molecule has 256 valence electrons. The normalized spacial score (nSPS) is 13.9. The van der Waals surface area contributed by atoms with E-state index in [0.29, 0.717) is 25.9 Å². The molecule has 0 aromatic heterocycles. The highest BCUT2D eigenvalue weighted by Crippen LogP contribution is 2.38. The Morgan fingerprint density at radius 3 is 1.16 bits per heavy atom. The zero-order valence-corrected chi connectivity index (χ0v) is 31.5. The zero-order chi connectivity index (χ0) is 32.0. The SMILES string of the molecule is CCCCCCCCCCCCCCCC(=O)[P-]C(C(O)PC(=O)CCCCCCCCCCCCCCC)[N+](C)(C)C. The number of carbonyl (C=O) groups is 2. The Labute approximate surface area is 273 Å². The number of unbranched alkanes of at least 4 members (excludes halogenated alkanes) is 24. The maximum atomic E-state index is 12.8. The van der Waals surface area contributed by atoms with Crippen molar-refractivity contribution in [2.24, 2.45) is 0 Å². The van der Waals surface area contributed by atoms with Gasteiger partial charge in [0.05, 0.1) is 21.1 Å². The lowest BCUT2D eigenvalue weighted by atomic mass is 10.0. The van der Waals surface area contributed by atoms with Gasteiger partial charge >= 0.3 is 0 Å². The van der Waals surface area contributed by atoms with Crippen LogP contribution in [0.25, 0.3) is 0 Å². The van der Waals surface area contributed by atoms with Crippen LogP contribution in [0.5, 0.6) is 0 Å². The van der Waals surface area contributed by atoms with Crippen LogP contribution in [0.4, 0.5) is 0 Å². The minimum Gasteiger partial charge on any atom is -0.396 e. The van der Waals surface area contributed by atoms with Crippen molar-refractivity contribution in [1.29, 1.82) is 0 Å². The fraction of sp³-hybridized carbons (Fsp3) is 0.946. The average molecular weight is 644 g/mol. The Kier molecular flexibility index (Phi) is 30.8. The lowest BCUT2D eigenvalue weighted by Crippen LogP contribution is -2.48. The summed E-state index contributed by atoms with van der Waals surface area (Å²) in [7, 11) is 6.65. The molecule has 0 heterocycles. The molecule has 0 aliphatic heterocycles. The van der Waals surface area contributed by atoms with Crippen LogP contribution in [0.2, 0.25) is 0 Å². The fourth-order valence-electron chi connectivity index (χ4n) is 5.79. The number of hydrogen-bond acceptors (Lipinski definition) is 3. The highest BCUT2D eigenvalue weighted by molar-refractivity contribution is 7.62. The Hall–Kier alpha value is 0.120. The van der Waals surface area contributed by atoms with Gasteiger partial charge in [-0.3, -0.25) is 4.79 Å². The first-order chi connectivity index (χ1) is 20.7. The molecule has 0 amide bonds. The third kappa shape index (κ3) is 29.3. The fourth-order valence-corrected chi connectivity index (χ4v) is 8.55. The van der Waals surface area contributed by atoms with Gasteiger partial charge in [0.1, 0.15) is 5.85 Å². The van der Waals surface area contributed by atoms with Crippen LogP contribution >= 0.6 is 17.2 Å². The van der Waals surface area contributed by atoms with Gasteiger partial charge in [-0.2, -0.15) is 0 Å².